The first-order chi connectivity index (χ1) is 28.7. The number of aromatic nitrogens is 2. The Hall–Kier alpha value is -6.98. The number of aryl methyl sites for hydroxylation is 1. The van der Waals surface area contributed by atoms with E-state index in [0.29, 0.717) is 94.1 Å². The number of anilines is 2. The van der Waals surface area contributed by atoms with Gasteiger partial charge in [0.25, 0.3) is 0 Å². The third-order valence-electron chi connectivity index (χ3n) is 10.1. The van der Waals surface area contributed by atoms with Gasteiger partial charge >= 0.3 is 29.2 Å². The fourth-order valence-electron chi connectivity index (χ4n) is 6.85. The number of esters is 1. The Kier molecular flexibility index (Phi) is 15.2. The molecule has 3 heterocycles. The molecule has 0 aliphatic carbocycles. The van der Waals surface area contributed by atoms with Crippen LogP contribution in [0.15, 0.2) is 73.1 Å². The second-order valence-corrected chi connectivity index (χ2v) is 14.2. The van der Waals surface area contributed by atoms with Gasteiger partial charge in [-0.05, 0) is 107 Å². The summed E-state index contributed by atoms with van der Waals surface area (Å²) in [6, 6.07) is 18.3. The van der Waals surface area contributed by atoms with Gasteiger partial charge in [-0.3, -0.25) is 34.6 Å². The molecular weight excluding hydrogens is 780 g/mol. The summed E-state index contributed by atoms with van der Waals surface area (Å²) in [6.07, 6.45) is 4.23. The van der Waals surface area contributed by atoms with Gasteiger partial charge in [-0.1, -0.05) is 18.2 Å². The van der Waals surface area contributed by atoms with E-state index in [1.165, 1.54) is 13.3 Å². The van der Waals surface area contributed by atoms with Crippen LogP contribution in [0.3, 0.4) is 0 Å². The molecule has 0 unspecified atom stereocenters. The molecular formula is C42H46N6O12. The number of para-hydroxylation sites is 1. The number of Topliss-reactive ketones (excluding diaryl/α,β-unsaturated/α-hetero) is 2. The van der Waals surface area contributed by atoms with Gasteiger partial charge in [0, 0.05) is 38.2 Å². The van der Waals surface area contributed by atoms with Gasteiger partial charge in [0.2, 0.25) is 11.6 Å². The summed E-state index contributed by atoms with van der Waals surface area (Å²) in [4.78, 5) is 79.8. The van der Waals surface area contributed by atoms with Crippen LogP contribution in [0.4, 0.5) is 22.9 Å². The summed E-state index contributed by atoms with van der Waals surface area (Å²) in [5.41, 5.74) is 1.45. The lowest BCUT2D eigenvalue weighted by Gasteiger charge is -2.31. The maximum absolute atomic E-state index is 11.9. The summed E-state index contributed by atoms with van der Waals surface area (Å²) < 4.78 is 16.5. The highest BCUT2D eigenvalue weighted by atomic mass is 16.6. The fourth-order valence-corrected chi connectivity index (χ4v) is 6.85. The number of ketones is 2. The third-order valence-corrected chi connectivity index (χ3v) is 10.1. The van der Waals surface area contributed by atoms with Crippen molar-refractivity contribution >= 4 is 46.4 Å². The van der Waals surface area contributed by atoms with Gasteiger partial charge in [-0.25, -0.2) is 4.98 Å². The first-order valence-corrected chi connectivity index (χ1v) is 19.5. The molecule has 3 aromatic carbocycles. The third kappa shape index (κ3) is 11.6. The normalized spacial score (nSPS) is 14.3. The number of benzene rings is 3. The second kappa shape index (κ2) is 20.6. The van der Waals surface area contributed by atoms with Crippen LogP contribution in [0.5, 0.6) is 23.1 Å². The van der Waals surface area contributed by atoms with Crippen molar-refractivity contribution in [3.05, 3.63) is 104 Å². The van der Waals surface area contributed by atoms with Crippen molar-refractivity contribution in [2.75, 3.05) is 42.6 Å². The number of hydrogen-bond donors (Lipinski definition) is 1. The summed E-state index contributed by atoms with van der Waals surface area (Å²) in [7, 11) is 0. The predicted molar refractivity (Wildman–Crippen MR) is 218 cm³/mol. The van der Waals surface area contributed by atoms with Crippen LogP contribution in [0.1, 0.15) is 68.8 Å². The van der Waals surface area contributed by atoms with Gasteiger partial charge in [0.15, 0.2) is 5.78 Å². The predicted octanol–water partition coefficient (Wildman–Crippen LogP) is 7.37. The molecule has 2 fully saturated rings. The molecule has 0 atom stereocenters. The minimum Gasteiger partial charge on any atom is -0.481 e. The van der Waals surface area contributed by atoms with E-state index in [2.05, 4.69) is 9.97 Å². The van der Waals surface area contributed by atoms with Crippen molar-refractivity contribution in [1.29, 1.82) is 0 Å². The zero-order valence-corrected chi connectivity index (χ0v) is 33.5. The van der Waals surface area contributed by atoms with Crippen LogP contribution in [0, 0.1) is 32.1 Å². The van der Waals surface area contributed by atoms with E-state index in [0.717, 1.165) is 5.56 Å². The lowest BCUT2D eigenvalue weighted by Crippen LogP contribution is -2.37. The highest BCUT2D eigenvalue weighted by molar-refractivity contribution is 5.94. The molecule has 0 radical (unpaired) electrons. The zero-order chi connectivity index (χ0) is 43.3. The number of carbonyl (C=O) groups excluding carboxylic acids is 3. The maximum atomic E-state index is 11.9. The summed E-state index contributed by atoms with van der Waals surface area (Å²) >= 11 is 0. The molecule has 0 amide bonds. The Balaban J connectivity index is 0.000000228. The van der Waals surface area contributed by atoms with Crippen molar-refractivity contribution in [3.63, 3.8) is 0 Å². The average molecular weight is 827 g/mol. The van der Waals surface area contributed by atoms with E-state index in [9.17, 15) is 39.4 Å². The number of carboxylic acid groups (broad SMARTS) is 1. The highest BCUT2D eigenvalue weighted by Gasteiger charge is 2.34. The van der Waals surface area contributed by atoms with Gasteiger partial charge in [0.1, 0.15) is 29.3 Å². The molecule has 2 aliphatic rings. The van der Waals surface area contributed by atoms with E-state index in [1.54, 1.807) is 73.3 Å². The van der Waals surface area contributed by atoms with Gasteiger partial charge in [0.05, 0.1) is 28.3 Å². The van der Waals surface area contributed by atoms with Crippen LogP contribution in [-0.2, 0) is 25.5 Å². The van der Waals surface area contributed by atoms with Gasteiger partial charge in [-0.15, -0.1) is 0 Å². The van der Waals surface area contributed by atoms with Crippen molar-refractivity contribution < 1.29 is 48.3 Å². The molecule has 18 nitrogen and oxygen atoms in total. The Labute approximate surface area is 345 Å². The molecule has 18 heteroatoms. The smallest absolute Gasteiger partial charge is 0.373 e. The molecule has 1 N–H and O–H groups in total. The van der Waals surface area contributed by atoms with E-state index >= 15 is 0 Å². The molecule has 316 valence electrons. The number of aliphatic carboxylic acids is 1. The number of hydrogen-bond acceptors (Lipinski definition) is 15. The van der Waals surface area contributed by atoms with Crippen LogP contribution in [0.2, 0.25) is 0 Å². The molecule has 60 heavy (non-hydrogen) atoms. The van der Waals surface area contributed by atoms with Crippen molar-refractivity contribution in [2.45, 2.75) is 59.3 Å². The number of carbonyl (C=O) groups is 4. The van der Waals surface area contributed by atoms with Gasteiger partial charge in [-0.2, -0.15) is 4.98 Å². The van der Waals surface area contributed by atoms with E-state index in [1.807, 2.05) is 17.0 Å². The molecule has 0 spiro atoms. The number of nitrogens with zero attached hydrogens (tertiary/aromatic N) is 6. The van der Waals surface area contributed by atoms with Crippen LogP contribution < -0.4 is 19.3 Å². The average Bonchev–Trinajstić information content (AvgIpc) is 3.23. The monoisotopic (exact) mass is 826 g/mol. The molecule has 4 aromatic rings. The minimum atomic E-state index is -0.826. The topological polar surface area (TPSA) is 235 Å². The Bertz CT molecular complexity index is 2180. The summed E-state index contributed by atoms with van der Waals surface area (Å²) in [6.45, 7) is 6.80. The van der Waals surface area contributed by atoms with Gasteiger partial charge < -0.3 is 33.9 Å². The highest BCUT2D eigenvalue weighted by Crippen LogP contribution is 2.41. The molecule has 2 saturated heterocycles. The summed E-state index contributed by atoms with van der Waals surface area (Å²) in [5.74, 6) is -0.812. The van der Waals surface area contributed by atoms with Crippen LogP contribution in [-0.4, -0.2) is 81.2 Å². The van der Waals surface area contributed by atoms with Crippen LogP contribution >= 0.6 is 0 Å². The summed E-state index contributed by atoms with van der Waals surface area (Å²) in [5, 5.41) is 32.8. The van der Waals surface area contributed by atoms with E-state index < -0.39 is 21.7 Å². The fraction of sp³-hybridized carbons (Fsp3) is 0.381. The van der Waals surface area contributed by atoms with Crippen molar-refractivity contribution in [3.8, 4) is 23.1 Å². The SMILES string of the molecule is CC(=O)CCc1ccc(Oc2cccc(N3CCC(C(=O)O)CC3)c2[N+](=O)[O-])cc1.CCOC(=O)C1CCN(c2ncnc(Oc3ccc(C(C)=O)cc3)c2[N+](=O)[O-])CC1. The zero-order valence-electron chi connectivity index (χ0n) is 33.5. The minimum absolute atomic E-state index is 0.0944. The van der Waals surface area contributed by atoms with E-state index in [4.69, 9.17) is 19.3 Å². The first-order valence-electron chi connectivity index (χ1n) is 19.5. The second-order valence-electron chi connectivity index (χ2n) is 14.2. The lowest BCUT2D eigenvalue weighted by molar-refractivity contribution is -0.385. The lowest BCUT2D eigenvalue weighted by atomic mass is 9.96. The van der Waals surface area contributed by atoms with E-state index in [-0.39, 0.29) is 52.3 Å². The molecule has 2 aliphatic heterocycles. The molecule has 6 rings (SSSR count). The Morgan fingerprint density at radius 1 is 0.767 bits per heavy atom. The largest absolute Gasteiger partial charge is 0.481 e. The molecule has 1 aromatic heterocycles. The number of rotatable bonds is 15. The maximum Gasteiger partial charge on any atom is 0.373 e. The first kappa shape index (κ1) is 44.1. The standard InChI is InChI=1S/C22H24N2O6.C20H22N4O6/c1-15(25)5-6-16-7-9-18(10-8-16)30-20-4-2-3-19(21(20)24(28)29)23-13-11-17(12-14-23)22(26)27;1-3-29-20(26)15-8-10-23(11-9-15)18-17(24(27)28)19(22-12-21-18)30-16-6-4-14(5-7-16)13(2)25/h2-4,7-10,17H,5-6,11-14H2,1H3,(H,26,27);4-7,12,15H,3,8-11H2,1-2H3. The van der Waals surface area contributed by atoms with Crippen LogP contribution in [0.25, 0.3) is 0 Å². The number of nitro benzene ring substituents is 1. The number of nitro groups is 2. The molecule has 0 saturated carbocycles. The number of carboxylic acids is 1. The quantitative estimate of drug-likeness (QED) is 0.0533. The van der Waals surface area contributed by atoms with Crippen molar-refractivity contribution in [1.82, 2.24) is 9.97 Å². The number of ether oxygens (including phenoxy) is 3. The van der Waals surface area contributed by atoms with Crippen molar-refractivity contribution in [2.24, 2.45) is 11.8 Å². The Morgan fingerprint density at radius 2 is 1.35 bits per heavy atom. The number of piperidine rings is 2. The Morgan fingerprint density at radius 3 is 1.92 bits per heavy atom. The molecule has 0 bridgehead atoms.